The minimum Gasteiger partial charge on any atom is -0.494 e. The highest BCUT2D eigenvalue weighted by Crippen LogP contribution is 2.39. The number of aliphatic imine (C=N–C) groups is 1. The molecular formula is C26H27F2IN5O3P. The third-order valence-corrected chi connectivity index (χ3v) is 7.33. The van der Waals surface area contributed by atoms with Crippen molar-refractivity contribution in [1.82, 2.24) is 5.32 Å². The second-order valence-electron chi connectivity index (χ2n) is 8.35. The van der Waals surface area contributed by atoms with Gasteiger partial charge in [0, 0.05) is 61.1 Å². The van der Waals surface area contributed by atoms with Gasteiger partial charge < -0.3 is 30.5 Å². The van der Waals surface area contributed by atoms with Crippen molar-refractivity contribution in [3.05, 3.63) is 71.3 Å². The molecule has 38 heavy (non-hydrogen) atoms. The maximum atomic E-state index is 15.1. The molecule has 1 amide bonds. The predicted octanol–water partition coefficient (Wildman–Crippen LogP) is 4.96. The Morgan fingerprint density at radius 1 is 1.05 bits per heavy atom. The van der Waals surface area contributed by atoms with E-state index in [0.717, 1.165) is 37.9 Å². The number of piperazine rings is 1. The van der Waals surface area contributed by atoms with Crippen molar-refractivity contribution in [2.75, 3.05) is 50.4 Å². The van der Waals surface area contributed by atoms with Crippen LogP contribution in [0.5, 0.6) is 11.5 Å². The lowest BCUT2D eigenvalue weighted by Gasteiger charge is -2.29. The molecule has 4 rings (SSSR count). The highest BCUT2D eigenvalue weighted by molar-refractivity contribution is 14.2. The second-order valence-corrected chi connectivity index (χ2v) is 10.4. The lowest BCUT2D eigenvalue weighted by Crippen LogP contribution is -2.43. The molecule has 0 saturated carbocycles. The first-order chi connectivity index (χ1) is 18.4. The Hall–Kier alpha value is -3.02. The number of nitrogens with one attached hydrogen (secondary N) is 2. The smallest absolute Gasteiger partial charge is 0.278 e. The molecule has 1 atom stereocenters. The molecule has 1 aliphatic rings. The number of nitrogens with two attached hydrogens (primary N) is 1. The Bertz CT molecular complexity index is 1320. The average molecular weight is 653 g/mol. The largest absolute Gasteiger partial charge is 0.494 e. The van der Waals surface area contributed by atoms with Crippen LogP contribution in [-0.2, 0) is 0 Å². The van der Waals surface area contributed by atoms with Gasteiger partial charge in [0.25, 0.3) is 5.91 Å². The number of amidine groups is 1. The number of halogens is 3. The lowest BCUT2D eigenvalue weighted by molar-refractivity contribution is 0.100. The normalized spacial score (nSPS) is 14.1. The van der Waals surface area contributed by atoms with Crippen molar-refractivity contribution in [1.29, 1.82) is 0 Å². The van der Waals surface area contributed by atoms with E-state index in [1.165, 1.54) is 20.3 Å². The summed E-state index contributed by atoms with van der Waals surface area (Å²) < 4.78 is 40.3. The number of methoxy groups -OCH3 is 2. The van der Waals surface area contributed by atoms with Gasteiger partial charge in [-0.15, -0.1) is 0 Å². The molecule has 3 aromatic rings. The molecule has 1 unspecified atom stereocenters. The third-order valence-electron chi connectivity index (χ3n) is 6.16. The zero-order valence-corrected chi connectivity index (χ0v) is 23.9. The number of ether oxygens (including phenoxy) is 2. The van der Waals surface area contributed by atoms with Crippen LogP contribution >= 0.6 is 28.4 Å². The molecular weight excluding hydrogens is 626 g/mol. The SMILES string of the molecule is COc1cc(OC)c(F)c(-c2ccc(C(N)=NC(=O)c3ccc(N4CCNCC4)cc3)c(NPI)c2)c1F. The molecule has 0 aromatic heterocycles. The summed E-state index contributed by atoms with van der Waals surface area (Å²) in [5.41, 5.74) is 8.52. The van der Waals surface area contributed by atoms with E-state index in [4.69, 9.17) is 15.2 Å². The summed E-state index contributed by atoms with van der Waals surface area (Å²) in [6.45, 7) is 3.63. The van der Waals surface area contributed by atoms with Crippen LogP contribution in [0, 0.1) is 11.6 Å². The summed E-state index contributed by atoms with van der Waals surface area (Å²) in [4.78, 5) is 19.2. The highest BCUT2D eigenvalue weighted by Gasteiger charge is 2.23. The van der Waals surface area contributed by atoms with Gasteiger partial charge in [-0.05, 0) is 64.0 Å². The van der Waals surface area contributed by atoms with Crippen LogP contribution in [0.1, 0.15) is 15.9 Å². The van der Waals surface area contributed by atoms with Crippen molar-refractivity contribution >= 4 is 51.5 Å². The van der Waals surface area contributed by atoms with Crippen molar-refractivity contribution in [2.45, 2.75) is 0 Å². The van der Waals surface area contributed by atoms with Gasteiger partial charge in [0.15, 0.2) is 23.1 Å². The van der Waals surface area contributed by atoms with E-state index in [-0.39, 0.29) is 34.8 Å². The molecule has 1 saturated heterocycles. The van der Waals surface area contributed by atoms with E-state index in [9.17, 15) is 4.79 Å². The number of amides is 1. The van der Waals surface area contributed by atoms with E-state index in [1.807, 2.05) is 12.1 Å². The predicted molar refractivity (Wildman–Crippen MR) is 157 cm³/mol. The third kappa shape index (κ3) is 6.00. The number of anilines is 2. The highest BCUT2D eigenvalue weighted by atomic mass is 127. The average Bonchev–Trinajstić information content (AvgIpc) is 2.94. The summed E-state index contributed by atoms with van der Waals surface area (Å²) in [6.07, 6.45) is 0.216. The topological polar surface area (TPSA) is 101 Å². The van der Waals surface area contributed by atoms with E-state index in [2.05, 4.69) is 42.3 Å². The minimum absolute atomic E-state index is 0.0194. The van der Waals surface area contributed by atoms with Crippen molar-refractivity contribution in [3.63, 3.8) is 0 Å². The molecule has 1 heterocycles. The first-order valence-electron chi connectivity index (χ1n) is 11.7. The monoisotopic (exact) mass is 653 g/mol. The maximum absolute atomic E-state index is 15.1. The summed E-state index contributed by atoms with van der Waals surface area (Å²) in [5.74, 6) is -2.53. The number of rotatable bonds is 8. The summed E-state index contributed by atoms with van der Waals surface area (Å²) in [5, 5.41) is 6.46. The number of hydrogen-bond donors (Lipinski definition) is 3. The summed E-state index contributed by atoms with van der Waals surface area (Å²) in [7, 11) is 2.58. The second kappa shape index (κ2) is 12.7. The van der Waals surface area contributed by atoms with Crippen molar-refractivity contribution in [2.24, 2.45) is 10.7 Å². The standard InChI is InChI=1S/C26H27F2IN5O3P/c1-36-20-14-21(37-2)24(28)22(23(20)27)16-5-8-18(19(13-16)33-38-29)25(30)32-26(35)15-3-6-17(7-4-15)34-11-9-31-10-12-34/h3-8,13-14,31,33,38H,9-12H2,1-2H3,(H2,30,32,35). The van der Waals surface area contributed by atoms with Gasteiger partial charge >= 0.3 is 0 Å². The van der Waals surface area contributed by atoms with Crippen LogP contribution in [0.2, 0.25) is 0 Å². The first-order valence-corrected chi connectivity index (χ1v) is 15.8. The Labute approximate surface area is 234 Å². The van der Waals surface area contributed by atoms with Crippen LogP contribution in [0.15, 0.2) is 53.5 Å². The van der Waals surface area contributed by atoms with Gasteiger partial charge in [-0.2, -0.15) is 4.99 Å². The van der Waals surface area contributed by atoms with Gasteiger partial charge in [-0.25, -0.2) is 8.78 Å². The summed E-state index contributed by atoms with van der Waals surface area (Å²) in [6, 6.07) is 13.0. The Morgan fingerprint density at radius 3 is 2.26 bits per heavy atom. The molecule has 0 spiro atoms. The molecule has 1 aliphatic heterocycles. The van der Waals surface area contributed by atoms with E-state index >= 15 is 8.78 Å². The molecule has 4 N–H and O–H groups in total. The fraction of sp³-hybridized carbons (Fsp3) is 0.231. The van der Waals surface area contributed by atoms with Gasteiger partial charge in [0.05, 0.1) is 19.8 Å². The lowest BCUT2D eigenvalue weighted by atomic mass is 10.00. The molecule has 3 aromatic carbocycles. The Kier molecular flexibility index (Phi) is 9.35. The van der Waals surface area contributed by atoms with Crippen molar-refractivity contribution in [3.8, 4) is 22.6 Å². The van der Waals surface area contributed by atoms with Crippen LogP contribution in [0.4, 0.5) is 20.2 Å². The summed E-state index contributed by atoms with van der Waals surface area (Å²) >= 11 is 2.12. The van der Waals surface area contributed by atoms with Gasteiger partial charge in [-0.3, -0.25) is 4.79 Å². The molecule has 0 radical (unpaired) electrons. The minimum atomic E-state index is -0.859. The van der Waals surface area contributed by atoms with Crippen LogP contribution in [0.3, 0.4) is 0 Å². The van der Waals surface area contributed by atoms with Crippen LogP contribution in [-0.4, -0.2) is 52.1 Å². The molecule has 8 nitrogen and oxygen atoms in total. The van der Waals surface area contributed by atoms with Gasteiger partial charge in [0.2, 0.25) is 0 Å². The zero-order chi connectivity index (χ0) is 27.2. The quantitative estimate of drug-likeness (QED) is 0.137. The van der Waals surface area contributed by atoms with Crippen LogP contribution in [0.25, 0.3) is 11.1 Å². The Balaban J connectivity index is 1.64. The molecule has 0 bridgehead atoms. The number of benzene rings is 3. The van der Waals surface area contributed by atoms with Gasteiger partial charge in [-0.1, -0.05) is 6.07 Å². The van der Waals surface area contributed by atoms with E-state index < -0.39 is 17.5 Å². The molecule has 0 aliphatic carbocycles. The molecule has 12 heteroatoms. The molecule has 200 valence electrons. The van der Waals surface area contributed by atoms with E-state index in [0.29, 0.717) is 16.8 Å². The first kappa shape index (κ1) is 28.0. The van der Waals surface area contributed by atoms with Crippen molar-refractivity contribution < 1.29 is 23.0 Å². The zero-order valence-electron chi connectivity index (χ0n) is 20.8. The number of hydrogen-bond acceptors (Lipinski definition) is 6. The van der Waals surface area contributed by atoms with E-state index in [1.54, 1.807) is 24.3 Å². The number of carbonyl (C=O) groups is 1. The maximum Gasteiger partial charge on any atom is 0.278 e. The number of nitrogens with zero attached hydrogens (tertiary/aromatic N) is 2. The fourth-order valence-corrected chi connectivity index (χ4v) is 5.37. The van der Waals surface area contributed by atoms with Gasteiger partial charge in [0.1, 0.15) is 5.84 Å². The number of carbonyl (C=O) groups excluding carboxylic acids is 1. The Morgan fingerprint density at radius 2 is 1.68 bits per heavy atom. The fourth-order valence-electron chi connectivity index (χ4n) is 4.19. The van der Waals surface area contributed by atoms with Crippen LogP contribution < -0.4 is 30.5 Å². The molecule has 1 fully saturated rings.